The number of nitrogens with one attached hydrogen (secondary N) is 1. The molecule has 4 nitrogen and oxygen atoms in total. The predicted octanol–water partition coefficient (Wildman–Crippen LogP) is 2.53. The highest BCUT2D eigenvalue weighted by Gasteiger charge is 2.44. The molecule has 1 heterocycles. The van der Waals surface area contributed by atoms with Gasteiger partial charge in [-0.1, -0.05) is 0 Å². The molecule has 0 aromatic carbocycles. The van der Waals surface area contributed by atoms with E-state index in [1.165, 1.54) is 12.8 Å². The Morgan fingerprint density at radius 1 is 1.28 bits per heavy atom. The van der Waals surface area contributed by atoms with Crippen molar-refractivity contribution >= 4 is 6.09 Å². The molecule has 1 saturated heterocycles. The maximum absolute atomic E-state index is 11.7. The molecule has 2 rings (SSSR count). The van der Waals surface area contributed by atoms with Crippen LogP contribution >= 0.6 is 0 Å². The molecule has 1 aliphatic carbocycles. The van der Waals surface area contributed by atoms with E-state index in [0.29, 0.717) is 5.54 Å². The molecule has 1 saturated carbocycles. The lowest BCUT2D eigenvalue weighted by Gasteiger charge is -2.36. The van der Waals surface area contributed by atoms with Crippen molar-refractivity contribution in [2.75, 3.05) is 13.1 Å². The molecular weight excluding hydrogens is 228 g/mol. The summed E-state index contributed by atoms with van der Waals surface area (Å²) in [4.78, 5) is 14.2. The van der Waals surface area contributed by atoms with Gasteiger partial charge in [-0.15, -0.1) is 0 Å². The van der Waals surface area contributed by atoms with Crippen molar-refractivity contribution in [3.8, 4) is 0 Å². The molecule has 18 heavy (non-hydrogen) atoms. The second kappa shape index (κ2) is 4.72. The lowest BCUT2D eigenvalue weighted by molar-refractivity contribution is 0.0466. The molecule has 0 unspecified atom stereocenters. The van der Waals surface area contributed by atoms with Gasteiger partial charge in [-0.2, -0.15) is 0 Å². The molecular formula is C14H26N2O2. The largest absolute Gasteiger partial charge is 0.444 e. The van der Waals surface area contributed by atoms with Crippen molar-refractivity contribution in [3.05, 3.63) is 0 Å². The number of piperidine rings is 1. The Kier molecular flexibility index (Phi) is 3.58. The fourth-order valence-electron chi connectivity index (χ4n) is 2.54. The second-order valence-corrected chi connectivity index (χ2v) is 6.90. The Labute approximate surface area is 110 Å². The smallest absolute Gasteiger partial charge is 0.407 e. The van der Waals surface area contributed by atoms with E-state index in [1.54, 1.807) is 0 Å². The van der Waals surface area contributed by atoms with Crippen molar-refractivity contribution in [2.45, 2.75) is 70.6 Å². The number of hydrogen-bond acceptors (Lipinski definition) is 3. The van der Waals surface area contributed by atoms with E-state index in [-0.39, 0.29) is 12.1 Å². The summed E-state index contributed by atoms with van der Waals surface area (Å²) >= 11 is 0. The Morgan fingerprint density at radius 2 is 1.83 bits per heavy atom. The number of amides is 1. The molecule has 0 aromatic heterocycles. The number of ether oxygens (including phenoxy) is 1. The number of alkyl carbamates (subject to hydrolysis) is 1. The maximum atomic E-state index is 11.7. The molecule has 1 aliphatic heterocycles. The van der Waals surface area contributed by atoms with Crippen molar-refractivity contribution in [2.24, 2.45) is 0 Å². The van der Waals surface area contributed by atoms with Gasteiger partial charge in [0.05, 0.1) is 0 Å². The standard InChI is InChI=1S/C14H26N2O2/c1-13(2,3)18-12(17)15-11-5-9-16(10-6-11)14(4)7-8-14/h11H,5-10H2,1-4H3,(H,15,17). The van der Waals surface area contributed by atoms with Gasteiger partial charge in [0.1, 0.15) is 5.60 Å². The topological polar surface area (TPSA) is 41.6 Å². The van der Waals surface area contributed by atoms with Crippen molar-refractivity contribution < 1.29 is 9.53 Å². The SMILES string of the molecule is CC(C)(C)OC(=O)NC1CCN(C2(C)CC2)CC1. The van der Waals surface area contributed by atoms with E-state index >= 15 is 0 Å². The number of nitrogens with zero attached hydrogens (tertiary/aromatic N) is 1. The maximum Gasteiger partial charge on any atom is 0.407 e. The third kappa shape index (κ3) is 3.61. The summed E-state index contributed by atoms with van der Waals surface area (Å²) < 4.78 is 5.28. The number of carbonyl (C=O) groups excluding carboxylic acids is 1. The van der Waals surface area contributed by atoms with Gasteiger partial charge in [0.25, 0.3) is 0 Å². The molecule has 0 spiro atoms. The fraction of sp³-hybridized carbons (Fsp3) is 0.929. The van der Waals surface area contributed by atoms with Crippen LogP contribution in [0.5, 0.6) is 0 Å². The van der Waals surface area contributed by atoms with Crippen LogP contribution in [-0.2, 0) is 4.74 Å². The highest BCUT2D eigenvalue weighted by molar-refractivity contribution is 5.68. The van der Waals surface area contributed by atoms with E-state index in [4.69, 9.17) is 4.74 Å². The lowest BCUT2D eigenvalue weighted by Crippen LogP contribution is -2.49. The number of hydrogen-bond donors (Lipinski definition) is 1. The van der Waals surface area contributed by atoms with Gasteiger partial charge in [-0.25, -0.2) is 4.79 Å². The van der Waals surface area contributed by atoms with Crippen molar-refractivity contribution in [1.29, 1.82) is 0 Å². The van der Waals surface area contributed by atoms with Gasteiger partial charge in [-0.05, 0) is 53.4 Å². The number of rotatable bonds is 2. The lowest BCUT2D eigenvalue weighted by atomic mass is 10.0. The minimum Gasteiger partial charge on any atom is -0.444 e. The Balaban J connectivity index is 1.72. The molecule has 2 fully saturated rings. The van der Waals surface area contributed by atoms with E-state index in [9.17, 15) is 4.79 Å². The first kappa shape index (κ1) is 13.7. The van der Waals surface area contributed by atoms with Crippen LogP contribution in [0.1, 0.15) is 53.4 Å². The third-order valence-electron chi connectivity index (χ3n) is 3.95. The Bertz CT molecular complexity index is 310. The zero-order valence-electron chi connectivity index (χ0n) is 12.1. The molecule has 1 N–H and O–H groups in total. The third-order valence-corrected chi connectivity index (χ3v) is 3.95. The molecule has 0 radical (unpaired) electrons. The van der Waals surface area contributed by atoms with Crippen molar-refractivity contribution in [1.82, 2.24) is 10.2 Å². The average molecular weight is 254 g/mol. The van der Waals surface area contributed by atoms with Gasteiger partial charge < -0.3 is 10.1 Å². The summed E-state index contributed by atoms with van der Waals surface area (Å²) in [6.45, 7) is 10.2. The van der Waals surface area contributed by atoms with Gasteiger partial charge >= 0.3 is 6.09 Å². The summed E-state index contributed by atoms with van der Waals surface area (Å²) in [7, 11) is 0. The summed E-state index contributed by atoms with van der Waals surface area (Å²) in [5, 5.41) is 2.98. The fourth-order valence-corrected chi connectivity index (χ4v) is 2.54. The van der Waals surface area contributed by atoms with E-state index in [2.05, 4.69) is 17.1 Å². The van der Waals surface area contributed by atoms with Crippen LogP contribution in [0.2, 0.25) is 0 Å². The molecule has 0 atom stereocenters. The molecule has 4 heteroatoms. The van der Waals surface area contributed by atoms with Crippen LogP contribution in [0.4, 0.5) is 4.79 Å². The Morgan fingerprint density at radius 3 is 2.28 bits per heavy atom. The molecule has 0 bridgehead atoms. The summed E-state index contributed by atoms with van der Waals surface area (Å²) in [5.41, 5.74) is 0.0587. The summed E-state index contributed by atoms with van der Waals surface area (Å²) in [6, 6.07) is 0.276. The van der Waals surface area contributed by atoms with E-state index in [1.807, 2.05) is 20.8 Å². The Hall–Kier alpha value is -0.770. The van der Waals surface area contributed by atoms with Crippen LogP contribution in [0, 0.1) is 0 Å². The molecule has 2 aliphatic rings. The van der Waals surface area contributed by atoms with Gasteiger partial charge in [-0.3, -0.25) is 4.90 Å². The normalized spacial score (nSPS) is 24.7. The molecule has 0 aromatic rings. The number of likely N-dealkylation sites (tertiary alicyclic amines) is 1. The van der Waals surface area contributed by atoms with E-state index < -0.39 is 5.60 Å². The number of carbonyl (C=O) groups is 1. The summed E-state index contributed by atoms with van der Waals surface area (Å²) in [5.74, 6) is 0. The van der Waals surface area contributed by atoms with Crippen LogP contribution in [-0.4, -0.2) is 41.3 Å². The van der Waals surface area contributed by atoms with Gasteiger partial charge in [0.15, 0.2) is 0 Å². The monoisotopic (exact) mass is 254 g/mol. The van der Waals surface area contributed by atoms with Gasteiger partial charge in [0.2, 0.25) is 0 Å². The van der Waals surface area contributed by atoms with Crippen LogP contribution < -0.4 is 5.32 Å². The quantitative estimate of drug-likeness (QED) is 0.823. The van der Waals surface area contributed by atoms with Crippen molar-refractivity contribution in [3.63, 3.8) is 0 Å². The zero-order valence-corrected chi connectivity index (χ0v) is 12.1. The zero-order chi connectivity index (χ0) is 13.4. The molecule has 104 valence electrons. The first-order valence-corrected chi connectivity index (χ1v) is 7.03. The average Bonchev–Trinajstić information content (AvgIpc) is 2.95. The van der Waals surface area contributed by atoms with Crippen LogP contribution in [0.25, 0.3) is 0 Å². The molecule has 1 amide bonds. The minimum atomic E-state index is -0.410. The highest BCUT2D eigenvalue weighted by atomic mass is 16.6. The minimum absolute atomic E-state index is 0.276. The van der Waals surface area contributed by atoms with Gasteiger partial charge in [0, 0.05) is 24.7 Å². The predicted molar refractivity (Wildman–Crippen MR) is 71.6 cm³/mol. The van der Waals surface area contributed by atoms with Crippen LogP contribution in [0.15, 0.2) is 0 Å². The van der Waals surface area contributed by atoms with Crippen LogP contribution in [0.3, 0.4) is 0 Å². The first-order chi connectivity index (χ1) is 8.28. The van der Waals surface area contributed by atoms with E-state index in [0.717, 1.165) is 25.9 Å². The first-order valence-electron chi connectivity index (χ1n) is 7.03. The second-order valence-electron chi connectivity index (χ2n) is 6.90. The highest BCUT2D eigenvalue weighted by Crippen LogP contribution is 2.42. The summed E-state index contributed by atoms with van der Waals surface area (Å²) in [6.07, 6.45) is 4.46.